The number of nitrogens with zero attached hydrogens (tertiary/aromatic N) is 1. The van der Waals surface area contributed by atoms with Crippen molar-refractivity contribution in [1.82, 2.24) is 4.98 Å². The van der Waals surface area contributed by atoms with E-state index in [4.69, 9.17) is 4.42 Å². The van der Waals surface area contributed by atoms with Gasteiger partial charge in [-0.15, -0.1) is 0 Å². The summed E-state index contributed by atoms with van der Waals surface area (Å²) < 4.78 is 5.01. The zero-order valence-corrected chi connectivity index (χ0v) is 7.14. The van der Waals surface area contributed by atoms with E-state index in [1.807, 2.05) is 0 Å². The lowest BCUT2D eigenvalue weighted by Crippen LogP contribution is -2.22. The van der Waals surface area contributed by atoms with Gasteiger partial charge in [-0.25, -0.2) is 4.98 Å². The summed E-state index contributed by atoms with van der Waals surface area (Å²) in [4.78, 5) is 14.5. The molecule has 0 atom stereocenters. The third kappa shape index (κ3) is 1.37. The first kappa shape index (κ1) is 8.50. The fraction of sp³-hybridized carbons (Fsp3) is 0. The number of rotatable bonds is 2. The van der Waals surface area contributed by atoms with E-state index >= 15 is 0 Å². The molecule has 0 unspecified atom stereocenters. The largest absolute Gasteiger partial charge is 0.545 e. The van der Waals surface area contributed by atoms with E-state index in [0.717, 1.165) is 0 Å². The van der Waals surface area contributed by atoms with Gasteiger partial charge in [-0.2, -0.15) is 0 Å². The van der Waals surface area contributed by atoms with Gasteiger partial charge in [-0.3, -0.25) is 0 Å². The van der Waals surface area contributed by atoms with Crippen LogP contribution in [0.4, 0.5) is 0 Å². The first-order valence-corrected chi connectivity index (χ1v) is 3.98. The smallest absolute Gasteiger partial charge is 0.181 e. The van der Waals surface area contributed by atoms with Crippen molar-refractivity contribution in [2.45, 2.75) is 0 Å². The van der Waals surface area contributed by atoms with Crippen LogP contribution < -0.4 is 5.11 Å². The van der Waals surface area contributed by atoms with Crippen LogP contribution in [-0.2, 0) is 0 Å². The van der Waals surface area contributed by atoms with E-state index in [0.29, 0.717) is 11.3 Å². The summed E-state index contributed by atoms with van der Waals surface area (Å²) in [5.74, 6) is -0.804. The van der Waals surface area contributed by atoms with Crippen LogP contribution in [0.25, 0.3) is 11.3 Å². The minimum Gasteiger partial charge on any atom is -0.545 e. The number of carbonyl (C=O) groups excluding carboxylic acids is 1. The van der Waals surface area contributed by atoms with Crippen molar-refractivity contribution in [1.29, 1.82) is 0 Å². The number of aromatic carboxylic acids is 1. The van der Waals surface area contributed by atoms with Crippen molar-refractivity contribution in [3.8, 4) is 11.3 Å². The zero-order valence-electron chi connectivity index (χ0n) is 7.14. The van der Waals surface area contributed by atoms with Crippen LogP contribution in [0.3, 0.4) is 0 Å². The number of hydrogen-bond donors (Lipinski definition) is 0. The first-order chi connectivity index (χ1) is 6.79. The van der Waals surface area contributed by atoms with Gasteiger partial charge in [0.05, 0.1) is 12.2 Å². The summed E-state index contributed by atoms with van der Waals surface area (Å²) in [6.45, 7) is 0. The molecule has 0 aliphatic carbocycles. The van der Waals surface area contributed by atoms with Gasteiger partial charge in [-0.1, -0.05) is 24.3 Å². The van der Waals surface area contributed by atoms with Crippen molar-refractivity contribution in [3.63, 3.8) is 0 Å². The summed E-state index contributed by atoms with van der Waals surface area (Å²) >= 11 is 0. The fourth-order valence-corrected chi connectivity index (χ4v) is 1.22. The van der Waals surface area contributed by atoms with Crippen LogP contribution in [0.2, 0.25) is 0 Å². The van der Waals surface area contributed by atoms with E-state index in [2.05, 4.69) is 4.98 Å². The number of carboxylic acid groups (broad SMARTS) is 1. The molecule has 1 aromatic carbocycles. The van der Waals surface area contributed by atoms with E-state index in [1.165, 1.54) is 18.7 Å². The molecule has 0 radical (unpaired) electrons. The molecule has 0 N–H and O–H groups in total. The van der Waals surface area contributed by atoms with Gasteiger partial charge in [0.15, 0.2) is 12.2 Å². The molecule has 0 amide bonds. The minimum absolute atomic E-state index is 0.101. The molecule has 2 aromatic rings. The molecule has 2 rings (SSSR count). The predicted octanol–water partition coefficient (Wildman–Crippen LogP) is 0.705. The lowest BCUT2D eigenvalue weighted by atomic mass is 10.1. The maximum atomic E-state index is 10.7. The summed E-state index contributed by atoms with van der Waals surface area (Å²) in [6.07, 6.45) is 2.71. The molecule has 0 saturated heterocycles. The Balaban J connectivity index is 2.58. The van der Waals surface area contributed by atoms with Crippen LogP contribution in [0.15, 0.2) is 41.3 Å². The van der Waals surface area contributed by atoms with Gasteiger partial charge >= 0.3 is 0 Å². The quantitative estimate of drug-likeness (QED) is 0.695. The van der Waals surface area contributed by atoms with Gasteiger partial charge in [0.25, 0.3) is 0 Å². The molecule has 0 aliphatic heterocycles. The summed E-state index contributed by atoms with van der Waals surface area (Å²) in [7, 11) is 0. The molecule has 0 aliphatic rings. The molecule has 0 saturated carbocycles. The Morgan fingerprint density at radius 1 is 1.36 bits per heavy atom. The fourth-order valence-electron chi connectivity index (χ4n) is 1.22. The monoisotopic (exact) mass is 188 g/mol. The van der Waals surface area contributed by atoms with Crippen LogP contribution in [-0.4, -0.2) is 11.0 Å². The summed E-state index contributed by atoms with van der Waals surface area (Å²) in [6, 6.07) is 6.47. The highest BCUT2D eigenvalue weighted by atomic mass is 16.4. The lowest BCUT2D eigenvalue weighted by molar-refractivity contribution is -0.254. The number of carbonyl (C=O) groups is 1. The molecule has 0 bridgehead atoms. The van der Waals surface area contributed by atoms with Crippen molar-refractivity contribution >= 4 is 5.97 Å². The average molecular weight is 188 g/mol. The highest BCUT2D eigenvalue weighted by molar-refractivity contribution is 5.93. The second kappa shape index (κ2) is 3.33. The molecule has 4 nitrogen and oxygen atoms in total. The normalized spacial score (nSPS) is 10.0. The molecule has 1 aromatic heterocycles. The van der Waals surface area contributed by atoms with E-state index in [1.54, 1.807) is 18.2 Å². The molecule has 1 heterocycles. The van der Waals surface area contributed by atoms with Crippen molar-refractivity contribution in [3.05, 3.63) is 42.4 Å². The third-order valence-corrected chi connectivity index (χ3v) is 1.84. The summed E-state index contributed by atoms with van der Waals surface area (Å²) in [5, 5.41) is 10.7. The number of benzene rings is 1. The first-order valence-electron chi connectivity index (χ1n) is 3.98. The number of hydrogen-bond acceptors (Lipinski definition) is 4. The number of aromatic nitrogens is 1. The van der Waals surface area contributed by atoms with E-state index < -0.39 is 5.97 Å². The highest BCUT2D eigenvalue weighted by Crippen LogP contribution is 2.22. The SMILES string of the molecule is O=C([O-])c1ccccc1-c1cnco1. The second-order valence-corrected chi connectivity index (χ2v) is 2.70. The summed E-state index contributed by atoms with van der Waals surface area (Å²) in [5.41, 5.74) is 0.578. The second-order valence-electron chi connectivity index (χ2n) is 2.70. The van der Waals surface area contributed by atoms with E-state index in [-0.39, 0.29) is 5.56 Å². The zero-order chi connectivity index (χ0) is 9.97. The Labute approximate surface area is 79.8 Å². The van der Waals surface area contributed by atoms with Crippen LogP contribution >= 0.6 is 0 Å². The Morgan fingerprint density at radius 3 is 2.79 bits per heavy atom. The van der Waals surface area contributed by atoms with Crippen LogP contribution in [0.5, 0.6) is 0 Å². The minimum atomic E-state index is -1.22. The molecular weight excluding hydrogens is 182 g/mol. The Hall–Kier alpha value is -2.10. The molecule has 0 fully saturated rings. The van der Waals surface area contributed by atoms with Gasteiger partial charge in [0.2, 0.25) is 0 Å². The Morgan fingerprint density at radius 2 is 2.14 bits per heavy atom. The maximum Gasteiger partial charge on any atom is 0.181 e. The van der Waals surface area contributed by atoms with Gasteiger partial charge in [0.1, 0.15) is 0 Å². The molecule has 0 spiro atoms. The molecular formula is C10H6NO3-. The lowest BCUT2D eigenvalue weighted by Gasteiger charge is -2.06. The van der Waals surface area contributed by atoms with Crippen molar-refractivity contribution in [2.75, 3.05) is 0 Å². The van der Waals surface area contributed by atoms with E-state index in [9.17, 15) is 9.90 Å². The number of oxazole rings is 1. The van der Waals surface area contributed by atoms with Crippen LogP contribution in [0.1, 0.15) is 10.4 Å². The molecule has 4 heteroatoms. The topological polar surface area (TPSA) is 66.2 Å². The van der Waals surface area contributed by atoms with Crippen molar-refractivity contribution < 1.29 is 14.3 Å². The average Bonchev–Trinajstić information content (AvgIpc) is 2.70. The van der Waals surface area contributed by atoms with Crippen molar-refractivity contribution in [2.24, 2.45) is 0 Å². The molecule has 14 heavy (non-hydrogen) atoms. The molecule has 70 valence electrons. The number of carboxylic acids is 1. The predicted molar refractivity (Wildman–Crippen MR) is 46.3 cm³/mol. The van der Waals surface area contributed by atoms with Gasteiger partial charge in [0, 0.05) is 11.1 Å². The van der Waals surface area contributed by atoms with Crippen LogP contribution in [0, 0.1) is 0 Å². The maximum absolute atomic E-state index is 10.7. The third-order valence-electron chi connectivity index (χ3n) is 1.84. The van der Waals surface area contributed by atoms with Gasteiger partial charge in [-0.05, 0) is 0 Å². The Bertz CT molecular complexity index is 448. The van der Waals surface area contributed by atoms with Gasteiger partial charge < -0.3 is 14.3 Å². The Kier molecular flexibility index (Phi) is 2.02. The highest BCUT2D eigenvalue weighted by Gasteiger charge is 2.07. The standard InChI is InChI=1S/C10H7NO3/c12-10(13)8-4-2-1-3-7(8)9-5-11-6-14-9/h1-6H,(H,12,13)/p-1.